The van der Waals surface area contributed by atoms with E-state index in [2.05, 4.69) is 37.6 Å². The van der Waals surface area contributed by atoms with Gasteiger partial charge in [-0.15, -0.1) is 0 Å². The van der Waals surface area contributed by atoms with Crippen molar-refractivity contribution in [2.75, 3.05) is 39.2 Å². The second-order valence-electron chi connectivity index (χ2n) is 14.1. The van der Waals surface area contributed by atoms with Gasteiger partial charge in [-0.25, -0.2) is 39.9 Å². The van der Waals surface area contributed by atoms with Crippen molar-refractivity contribution in [3.05, 3.63) is 149 Å². The number of nitrogens with one attached hydrogen (secondary N) is 1. The van der Waals surface area contributed by atoms with Crippen molar-refractivity contribution >= 4 is 60.1 Å². The van der Waals surface area contributed by atoms with E-state index < -0.39 is 20.0 Å². The molecule has 4 heterocycles. The Morgan fingerprint density at radius 3 is 1.48 bits per heavy atom. The van der Waals surface area contributed by atoms with Crippen molar-refractivity contribution in [3.63, 3.8) is 0 Å². The molecule has 8 aromatic rings. The normalized spacial score (nSPS) is 11.3. The van der Waals surface area contributed by atoms with Crippen LogP contribution in [0.3, 0.4) is 0 Å². The third-order valence-corrected chi connectivity index (χ3v) is 13.3. The first-order chi connectivity index (χ1) is 30.0. The smallest absolute Gasteiger partial charge is 0.242 e. The van der Waals surface area contributed by atoms with Crippen molar-refractivity contribution in [1.29, 1.82) is 10.5 Å². The number of halogens is 1. The molecule has 0 atom stereocenters. The molecule has 0 bridgehead atoms. The molecule has 0 aliphatic heterocycles. The van der Waals surface area contributed by atoms with E-state index in [1.54, 1.807) is 60.8 Å². The molecule has 320 valence electrons. The second kappa shape index (κ2) is 18.8. The summed E-state index contributed by atoms with van der Waals surface area (Å²) < 4.78 is 53.1. The lowest BCUT2D eigenvalue weighted by Gasteiger charge is -2.13. The van der Waals surface area contributed by atoms with E-state index in [4.69, 9.17) is 17.3 Å². The number of nitriles is 2. The molecule has 0 radical (unpaired) electrons. The summed E-state index contributed by atoms with van der Waals surface area (Å²) in [7, 11) is -0.854. The number of nitrogen functional groups attached to an aromatic ring is 1. The summed E-state index contributed by atoms with van der Waals surface area (Å²) in [4.78, 5) is 9.61. The van der Waals surface area contributed by atoms with Gasteiger partial charge < -0.3 is 11.1 Å². The molecule has 4 aromatic heterocycles. The van der Waals surface area contributed by atoms with Gasteiger partial charge >= 0.3 is 0 Å². The lowest BCUT2D eigenvalue weighted by Crippen LogP contribution is -2.22. The predicted molar refractivity (Wildman–Crippen MR) is 243 cm³/mol. The molecule has 63 heavy (non-hydrogen) atoms. The number of anilines is 3. The quantitative estimate of drug-likeness (QED) is 0.113. The second-order valence-corrected chi connectivity index (χ2v) is 18.8. The minimum Gasteiger partial charge on any atom is -0.399 e. The van der Waals surface area contributed by atoms with Gasteiger partial charge in [0.15, 0.2) is 11.3 Å². The van der Waals surface area contributed by atoms with Crippen LogP contribution in [0.2, 0.25) is 5.15 Å². The summed E-state index contributed by atoms with van der Waals surface area (Å²) in [5.41, 5.74) is 13.0. The number of rotatable bonds is 8. The topological polar surface area (TPSA) is 221 Å². The number of aromatic nitrogens is 6. The summed E-state index contributed by atoms with van der Waals surface area (Å²) in [6.07, 6.45) is 0. The van der Waals surface area contributed by atoms with Crippen LogP contribution in [-0.2, 0) is 20.0 Å². The SMILES string of the molecule is CN(C)S(=O)(=O)c1ccc(N)cc1.Cc1nn2c(Cl)cc(-c3ccccc3)nc2c1C#N.Cc1nn2c(Nc3ccc(S(=O)(=O)N(C)C)cc3)cc(-c3ccccc3)nc2c1C#N. The van der Waals surface area contributed by atoms with E-state index in [0.29, 0.717) is 61.8 Å². The molecule has 19 heteroatoms. The first-order valence-electron chi connectivity index (χ1n) is 18.9. The van der Waals surface area contributed by atoms with Gasteiger partial charge in [-0.1, -0.05) is 72.3 Å². The maximum atomic E-state index is 12.3. The highest BCUT2D eigenvalue weighted by Gasteiger charge is 2.20. The van der Waals surface area contributed by atoms with Crippen molar-refractivity contribution < 1.29 is 16.8 Å². The Morgan fingerprint density at radius 1 is 0.619 bits per heavy atom. The first-order valence-corrected chi connectivity index (χ1v) is 22.2. The molecule has 8 rings (SSSR count). The summed E-state index contributed by atoms with van der Waals surface area (Å²) >= 11 is 6.21. The molecule has 0 saturated heterocycles. The van der Waals surface area contributed by atoms with E-state index in [1.807, 2.05) is 66.7 Å². The number of fused-ring (bicyclic) bond motifs is 2. The Hall–Kier alpha value is -7.19. The molecule has 4 aromatic carbocycles. The van der Waals surface area contributed by atoms with E-state index in [0.717, 1.165) is 16.8 Å². The van der Waals surface area contributed by atoms with Crippen LogP contribution in [-0.4, -0.2) is 82.8 Å². The lowest BCUT2D eigenvalue weighted by molar-refractivity contribution is 0.519. The summed E-state index contributed by atoms with van der Waals surface area (Å²) in [6.45, 7) is 3.53. The van der Waals surface area contributed by atoms with Crippen molar-refractivity contribution in [2.45, 2.75) is 23.6 Å². The molecule has 0 saturated carbocycles. The molecular weight excluding hydrogens is 860 g/mol. The van der Waals surface area contributed by atoms with E-state index in [-0.39, 0.29) is 9.79 Å². The van der Waals surface area contributed by atoms with Gasteiger partial charge in [0, 0.05) is 62.8 Å². The Labute approximate surface area is 370 Å². The Morgan fingerprint density at radius 2 is 1.03 bits per heavy atom. The molecule has 0 spiro atoms. The van der Waals surface area contributed by atoms with Crippen LogP contribution in [0.15, 0.2) is 131 Å². The fourth-order valence-electron chi connectivity index (χ4n) is 5.99. The minimum absolute atomic E-state index is 0.203. The van der Waals surface area contributed by atoms with Crippen molar-refractivity contribution in [3.8, 4) is 34.7 Å². The van der Waals surface area contributed by atoms with Crippen LogP contribution in [0.5, 0.6) is 0 Å². The van der Waals surface area contributed by atoms with Crippen molar-refractivity contribution in [2.24, 2.45) is 0 Å². The third-order valence-electron chi connectivity index (χ3n) is 9.41. The number of hydrogen-bond donors (Lipinski definition) is 2. The molecule has 0 unspecified atom stereocenters. The first kappa shape index (κ1) is 45.3. The van der Waals surface area contributed by atoms with Crippen LogP contribution < -0.4 is 11.1 Å². The number of sulfonamides is 2. The fraction of sp³-hybridized carbons (Fsp3) is 0.136. The zero-order valence-electron chi connectivity index (χ0n) is 34.9. The van der Waals surface area contributed by atoms with Gasteiger partial charge in [0.05, 0.1) is 32.6 Å². The van der Waals surface area contributed by atoms with Gasteiger partial charge in [0.25, 0.3) is 0 Å². The Bertz CT molecular complexity index is 3240. The average molecular weight is 901 g/mol. The zero-order valence-corrected chi connectivity index (χ0v) is 37.3. The highest BCUT2D eigenvalue weighted by atomic mass is 35.5. The number of aryl methyl sites for hydroxylation is 2. The van der Waals surface area contributed by atoms with Crippen LogP contribution >= 0.6 is 11.6 Å². The van der Waals surface area contributed by atoms with Gasteiger partial charge in [-0.05, 0) is 62.4 Å². The third kappa shape index (κ3) is 9.81. The van der Waals surface area contributed by atoms with Crippen LogP contribution in [0.4, 0.5) is 17.2 Å². The lowest BCUT2D eigenvalue weighted by atomic mass is 10.1. The molecule has 16 nitrogen and oxygen atoms in total. The highest BCUT2D eigenvalue weighted by molar-refractivity contribution is 7.89. The van der Waals surface area contributed by atoms with Crippen LogP contribution in [0, 0.1) is 36.5 Å². The maximum absolute atomic E-state index is 12.3. The molecule has 0 amide bonds. The van der Waals surface area contributed by atoms with Gasteiger partial charge in [-0.2, -0.15) is 25.2 Å². The highest BCUT2D eigenvalue weighted by Crippen LogP contribution is 2.28. The molecule has 0 aliphatic carbocycles. The molecule has 0 aliphatic rings. The Balaban J connectivity index is 0.000000175. The number of hydrogen-bond acceptors (Lipinski definition) is 12. The molecular formula is C44H41ClN12O4S2. The van der Waals surface area contributed by atoms with E-state index in [9.17, 15) is 27.4 Å². The summed E-state index contributed by atoms with van der Waals surface area (Å²) in [5, 5.41) is 31.1. The Kier molecular flexibility index (Phi) is 13.6. The number of benzene rings is 4. The van der Waals surface area contributed by atoms with Gasteiger partial charge in [0.1, 0.15) is 34.2 Å². The van der Waals surface area contributed by atoms with Crippen LogP contribution in [0.1, 0.15) is 22.5 Å². The monoisotopic (exact) mass is 900 g/mol. The molecule has 3 N–H and O–H groups in total. The largest absolute Gasteiger partial charge is 0.399 e. The number of nitrogens with zero attached hydrogens (tertiary/aromatic N) is 10. The molecule has 0 fully saturated rings. The predicted octanol–water partition coefficient (Wildman–Crippen LogP) is 7.32. The van der Waals surface area contributed by atoms with E-state index in [1.165, 1.54) is 53.4 Å². The maximum Gasteiger partial charge on any atom is 0.242 e. The summed E-state index contributed by atoms with van der Waals surface area (Å²) in [5.74, 6) is 0.608. The zero-order chi connectivity index (χ0) is 45.6. The average Bonchev–Trinajstić information content (AvgIpc) is 3.79. The van der Waals surface area contributed by atoms with E-state index >= 15 is 0 Å². The number of nitrogens with two attached hydrogens (primary N) is 1. The van der Waals surface area contributed by atoms with Gasteiger partial charge in [0.2, 0.25) is 20.0 Å². The summed E-state index contributed by atoms with van der Waals surface area (Å²) in [6, 6.07) is 39.8. The van der Waals surface area contributed by atoms with Gasteiger partial charge in [-0.3, -0.25) is 0 Å². The fourth-order valence-corrected chi connectivity index (χ4v) is 8.02. The minimum atomic E-state index is -3.51. The standard InChI is InChI=1S/C22H20N6O2S.C14H9ClN4.C8H12N2O2S/c1-15-19(14-23)22-25-20(16-7-5-4-6-8-16)13-21(28(22)26-15)24-17-9-11-18(12-10-17)31(29,30)27(2)3;1-9-11(8-16)14-17-12(7-13(15)19(14)18-9)10-5-3-2-4-6-10;1-10(2)13(11,12)8-5-3-7(9)4-6-8/h4-13,24H,1-3H3;2-7H,1H3;3-6H,9H2,1-2H3. The van der Waals surface area contributed by atoms with Crippen molar-refractivity contribution in [1.82, 2.24) is 37.8 Å². The van der Waals surface area contributed by atoms with Crippen LogP contribution in [0.25, 0.3) is 33.8 Å².